The van der Waals surface area contributed by atoms with Crippen LogP contribution in [0.1, 0.15) is 49.5 Å². The van der Waals surface area contributed by atoms with Crippen molar-refractivity contribution in [1.82, 2.24) is 9.97 Å². The number of esters is 2. The Balaban J connectivity index is 2.25. The van der Waals surface area contributed by atoms with Crippen LogP contribution in [0.2, 0.25) is 15.1 Å². The molecule has 144 valence electrons. The molecule has 1 unspecified atom stereocenters. The fraction of sp³-hybridized carbons (Fsp3) is 0.294. The number of hydrogen-bond acceptors (Lipinski definition) is 6. The monoisotopic (exact) mass is 432 g/mol. The molecule has 0 bridgehead atoms. The van der Waals surface area contributed by atoms with Crippen molar-refractivity contribution in [2.75, 3.05) is 7.11 Å². The predicted octanol–water partition coefficient (Wildman–Crippen LogP) is 4.20. The van der Waals surface area contributed by atoms with Crippen LogP contribution >= 0.6 is 34.8 Å². The van der Waals surface area contributed by atoms with Gasteiger partial charge in [-0.3, -0.25) is 4.79 Å². The lowest BCUT2D eigenvalue weighted by Gasteiger charge is -2.13. The van der Waals surface area contributed by atoms with Gasteiger partial charge in [-0.1, -0.05) is 34.8 Å². The number of ether oxygens (including phenoxy) is 2. The molecule has 10 heteroatoms. The number of H-pyrrole nitrogens is 1. The van der Waals surface area contributed by atoms with E-state index >= 15 is 0 Å². The number of rotatable bonds is 5. The van der Waals surface area contributed by atoms with Gasteiger partial charge in [0.15, 0.2) is 11.8 Å². The van der Waals surface area contributed by atoms with Gasteiger partial charge in [-0.25, -0.2) is 14.6 Å². The summed E-state index contributed by atoms with van der Waals surface area (Å²) in [6, 6.07) is 0. The van der Waals surface area contributed by atoms with Crippen molar-refractivity contribution in [3.05, 3.63) is 49.5 Å². The minimum Gasteiger partial charge on any atom is -0.465 e. The lowest BCUT2D eigenvalue weighted by Crippen LogP contribution is -2.26. The summed E-state index contributed by atoms with van der Waals surface area (Å²) < 4.78 is 9.85. The molecule has 0 fully saturated rings. The van der Waals surface area contributed by atoms with Crippen LogP contribution in [0.25, 0.3) is 0 Å². The number of nitrogens with zero attached hydrogens (tertiary/aromatic N) is 1. The highest BCUT2D eigenvalue weighted by Gasteiger charge is 2.29. The topological polar surface area (TPSA) is 98.4 Å². The van der Waals surface area contributed by atoms with Gasteiger partial charge in [0, 0.05) is 11.9 Å². The van der Waals surface area contributed by atoms with E-state index in [4.69, 9.17) is 44.3 Å². The number of aromatic nitrogens is 2. The SMILES string of the molecule is COC(=O)c1c(C)[nH]c(C(=O)C(C)OC(=O)c2ncc(Cl)c(Cl)c2Cl)c1C. The first-order chi connectivity index (χ1) is 12.6. The minimum atomic E-state index is -1.17. The van der Waals surface area contributed by atoms with Crippen molar-refractivity contribution >= 4 is 52.5 Å². The molecular weight excluding hydrogens is 419 g/mol. The zero-order valence-electron chi connectivity index (χ0n) is 14.8. The first kappa shape index (κ1) is 21.2. The maximum atomic E-state index is 12.7. The minimum absolute atomic E-state index is 0.0437. The van der Waals surface area contributed by atoms with Crippen molar-refractivity contribution in [2.45, 2.75) is 26.9 Å². The fourth-order valence-corrected chi connectivity index (χ4v) is 3.02. The van der Waals surface area contributed by atoms with E-state index < -0.39 is 23.8 Å². The predicted molar refractivity (Wildman–Crippen MR) is 100 cm³/mol. The summed E-state index contributed by atoms with van der Waals surface area (Å²) in [7, 11) is 1.24. The van der Waals surface area contributed by atoms with E-state index in [1.165, 1.54) is 14.0 Å². The summed E-state index contributed by atoms with van der Waals surface area (Å²) in [5.41, 5.74) is 1.00. The molecule has 2 aromatic heterocycles. The summed E-state index contributed by atoms with van der Waals surface area (Å²) in [5.74, 6) is -2.04. The maximum Gasteiger partial charge on any atom is 0.359 e. The quantitative estimate of drug-likeness (QED) is 0.560. The molecule has 0 saturated heterocycles. The average molecular weight is 434 g/mol. The van der Waals surface area contributed by atoms with Crippen LogP contribution in [0.5, 0.6) is 0 Å². The van der Waals surface area contributed by atoms with E-state index in [0.29, 0.717) is 11.3 Å². The molecule has 0 saturated carbocycles. The molecule has 1 atom stereocenters. The molecule has 0 amide bonds. The van der Waals surface area contributed by atoms with Gasteiger partial charge in [-0.2, -0.15) is 0 Å². The Labute approximate surface area is 169 Å². The zero-order chi connectivity index (χ0) is 20.5. The Kier molecular flexibility index (Phi) is 6.51. The van der Waals surface area contributed by atoms with Crippen molar-refractivity contribution in [2.24, 2.45) is 0 Å². The van der Waals surface area contributed by atoms with Gasteiger partial charge in [0.1, 0.15) is 0 Å². The third-order valence-electron chi connectivity index (χ3n) is 3.84. The van der Waals surface area contributed by atoms with Gasteiger partial charge in [-0.15, -0.1) is 0 Å². The molecule has 0 spiro atoms. The Morgan fingerprint density at radius 3 is 2.33 bits per heavy atom. The second-order valence-electron chi connectivity index (χ2n) is 5.61. The molecule has 0 aromatic carbocycles. The number of aryl methyl sites for hydroxylation is 1. The highest BCUT2D eigenvalue weighted by molar-refractivity contribution is 6.48. The first-order valence-electron chi connectivity index (χ1n) is 7.62. The number of nitrogens with one attached hydrogen (secondary N) is 1. The van der Waals surface area contributed by atoms with Gasteiger partial charge in [0.2, 0.25) is 5.78 Å². The van der Waals surface area contributed by atoms with Crippen LogP contribution in [0.15, 0.2) is 6.20 Å². The van der Waals surface area contributed by atoms with Crippen molar-refractivity contribution in [3.8, 4) is 0 Å². The maximum absolute atomic E-state index is 12.7. The number of hydrogen-bond donors (Lipinski definition) is 1. The summed E-state index contributed by atoms with van der Waals surface area (Å²) in [4.78, 5) is 43.4. The normalized spacial score (nSPS) is 11.8. The van der Waals surface area contributed by atoms with Crippen LogP contribution in [0, 0.1) is 13.8 Å². The van der Waals surface area contributed by atoms with Gasteiger partial charge in [0.25, 0.3) is 0 Å². The number of carbonyl (C=O) groups excluding carboxylic acids is 3. The van der Waals surface area contributed by atoms with E-state index in [0.717, 1.165) is 6.20 Å². The smallest absolute Gasteiger partial charge is 0.359 e. The first-order valence-corrected chi connectivity index (χ1v) is 8.75. The second kappa shape index (κ2) is 8.29. The lowest BCUT2D eigenvalue weighted by molar-refractivity contribution is 0.0311. The number of carbonyl (C=O) groups is 3. The van der Waals surface area contributed by atoms with E-state index in [9.17, 15) is 14.4 Å². The Morgan fingerprint density at radius 2 is 1.74 bits per heavy atom. The Morgan fingerprint density at radius 1 is 1.11 bits per heavy atom. The molecule has 2 heterocycles. The van der Waals surface area contributed by atoms with E-state index in [1.54, 1.807) is 13.8 Å². The molecule has 0 radical (unpaired) electrons. The summed E-state index contributed by atoms with van der Waals surface area (Å²) >= 11 is 17.6. The molecule has 7 nitrogen and oxygen atoms in total. The molecule has 0 aliphatic rings. The van der Waals surface area contributed by atoms with Crippen molar-refractivity contribution < 1.29 is 23.9 Å². The molecule has 1 N–H and O–H groups in total. The number of Topliss-reactive ketones (excluding diaryl/α,β-unsaturated/α-hetero) is 1. The van der Waals surface area contributed by atoms with Crippen LogP contribution < -0.4 is 0 Å². The summed E-state index contributed by atoms with van der Waals surface area (Å²) in [6.07, 6.45) is -0.0213. The standard InChI is InChI=1S/C17H15Cl3N2O5/c1-6-10(16(24)26-4)7(2)22-13(6)15(23)8(3)27-17(25)14-12(20)11(19)9(18)5-21-14/h5,8,22H,1-4H3. The number of methoxy groups -OCH3 is 1. The highest BCUT2D eigenvalue weighted by atomic mass is 35.5. The molecule has 2 rings (SSSR count). The van der Waals surface area contributed by atoms with Crippen LogP contribution in [0.4, 0.5) is 0 Å². The zero-order valence-corrected chi connectivity index (χ0v) is 17.0. The number of ketones is 1. The summed E-state index contributed by atoms with van der Waals surface area (Å²) in [5, 5.41) is -0.137. The third-order valence-corrected chi connectivity index (χ3v) is 5.08. The second-order valence-corrected chi connectivity index (χ2v) is 6.77. The average Bonchev–Trinajstić information content (AvgIpc) is 2.92. The fourth-order valence-electron chi connectivity index (χ4n) is 2.46. The van der Waals surface area contributed by atoms with E-state index in [2.05, 4.69) is 9.97 Å². The Bertz CT molecular complexity index is 939. The van der Waals surface area contributed by atoms with Crippen molar-refractivity contribution in [3.63, 3.8) is 0 Å². The van der Waals surface area contributed by atoms with Gasteiger partial charge >= 0.3 is 11.9 Å². The number of aromatic amines is 1. The van der Waals surface area contributed by atoms with E-state index in [-0.39, 0.29) is 32.0 Å². The lowest BCUT2D eigenvalue weighted by atomic mass is 10.1. The molecule has 0 aliphatic carbocycles. The van der Waals surface area contributed by atoms with Gasteiger partial charge in [0.05, 0.1) is 33.4 Å². The highest BCUT2D eigenvalue weighted by Crippen LogP contribution is 2.31. The van der Waals surface area contributed by atoms with Crippen LogP contribution in [0.3, 0.4) is 0 Å². The van der Waals surface area contributed by atoms with Gasteiger partial charge < -0.3 is 14.5 Å². The van der Waals surface area contributed by atoms with E-state index in [1.807, 2.05) is 0 Å². The Hall–Kier alpha value is -2.09. The largest absolute Gasteiger partial charge is 0.465 e. The third kappa shape index (κ3) is 4.10. The number of halogens is 3. The molecule has 27 heavy (non-hydrogen) atoms. The van der Waals surface area contributed by atoms with Crippen LogP contribution in [-0.2, 0) is 9.47 Å². The summed E-state index contributed by atoms with van der Waals surface area (Å²) in [6.45, 7) is 4.61. The molecule has 0 aliphatic heterocycles. The number of pyridine rings is 1. The van der Waals surface area contributed by atoms with Crippen molar-refractivity contribution in [1.29, 1.82) is 0 Å². The van der Waals surface area contributed by atoms with Gasteiger partial charge in [-0.05, 0) is 26.3 Å². The molecule has 2 aromatic rings. The van der Waals surface area contributed by atoms with Crippen LogP contribution in [-0.4, -0.2) is 40.9 Å². The molecular formula is C17H15Cl3N2O5.